The standard InChI is InChI=1S/C32H36N4O3/c1-22-27(20-30(37)38)31-35-16-14-32(2,15-17-35)39-18-7-3-4-9-23-10-5-6-13-26(23)24-11-8-12-25(19-24)28-21-29(33-22)36(31)34-28/h5-6,8,10-13,19,21H,3-4,7,9,14-18,20H2,1-2H3,(H,37,38). The van der Waals surface area contributed by atoms with Crippen molar-refractivity contribution in [2.24, 2.45) is 0 Å². The number of carbonyl (C=O) groups is 1. The summed E-state index contributed by atoms with van der Waals surface area (Å²) < 4.78 is 8.31. The summed E-state index contributed by atoms with van der Waals surface area (Å²) in [5.74, 6) is -0.0254. The molecule has 0 spiro atoms. The molecule has 0 aliphatic carbocycles. The first-order chi connectivity index (χ1) is 18.9. The Morgan fingerprint density at radius 2 is 1.82 bits per heavy atom. The molecule has 39 heavy (non-hydrogen) atoms. The number of carboxylic acid groups (broad SMARTS) is 1. The van der Waals surface area contributed by atoms with Crippen molar-refractivity contribution < 1.29 is 14.6 Å². The summed E-state index contributed by atoms with van der Waals surface area (Å²) in [5, 5.41) is 14.8. The highest BCUT2D eigenvalue weighted by Gasteiger charge is 2.33. The van der Waals surface area contributed by atoms with Gasteiger partial charge in [0.15, 0.2) is 5.65 Å². The number of aryl methyl sites for hydroxylation is 2. The van der Waals surface area contributed by atoms with Crippen molar-refractivity contribution in [2.75, 3.05) is 24.6 Å². The van der Waals surface area contributed by atoms with E-state index in [0.29, 0.717) is 0 Å². The summed E-state index contributed by atoms with van der Waals surface area (Å²) >= 11 is 0. The number of aromatic nitrogens is 3. The maximum Gasteiger partial charge on any atom is 0.308 e. The van der Waals surface area contributed by atoms with Gasteiger partial charge < -0.3 is 14.7 Å². The maximum atomic E-state index is 11.9. The molecular formula is C32H36N4O3. The zero-order valence-electron chi connectivity index (χ0n) is 22.8. The second-order valence-electron chi connectivity index (χ2n) is 11.2. The minimum Gasteiger partial charge on any atom is -0.481 e. The van der Waals surface area contributed by atoms with E-state index in [1.807, 2.05) is 17.5 Å². The van der Waals surface area contributed by atoms with Gasteiger partial charge in [0.2, 0.25) is 0 Å². The fourth-order valence-corrected chi connectivity index (χ4v) is 6.07. The van der Waals surface area contributed by atoms with Gasteiger partial charge in [-0.2, -0.15) is 9.61 Å². The van der Waals surface area contributed by atoms with E-state index in [0.717, 1.165) is 92.2 Å². The molecule has 1 fully saturated rings. The number of benzene rings is 2. The molecule has 0 radical (unpaired) electrons. The van der Waals surface area contributed by atoms with Crippen LogP contribution < -0.4 is 4.90 Å². The minimum absolute atomic E-state index is 0.0875. The largest absolute Gasteiger partial charge is 0.481 e. The number of ether oxygens (including phenoxy) is 1. The van der Waals surface area contributed by atoms with E-state index < -0.39 is 5.97 Å². The average Bonchev–Trinajstić information content (AvgIpc) is 3.35. The highest BCUT2D eigenvalue weighted by atomic mass is 16.5. The number of nitrogens with zero attached hydrogens (tertiary/aromatic N) is 4. The Balaban J connectivity index is 1.50. The molecule has 0 unspecified atom stereocenters. The predicted octanol–water partition coefficient (Wildman–Crippen LogP) is 6.10. The first kappa shape index (κ1) is 25.6. The lowest BCUT2D eigenvalue weighted by Crippen LogP contribution is -2.45. The molecule has 7 nitrogen and oxygen atoms in total. The summed E-state index contributed by atoms with van der Waals surface area (Å²) in [6.07, 6.45) is 6.05. The number of hydrogen-bond donors (Lipinski definition) is 1. The molecule has 3 aliphatic heterocycles. The van der Waals surface area contributed by atoms with Crippen LogP contribution in [0.5, 0.6) is 0 Å². The molecule has 0 amide bonds. The molecule has 2 aromatic carbocycles. The molecule has 6 bridgehead atoms. The van der Waals surface area contributed by atoms with Crippen molar-refractivity contribution in [3.8, 4) is 22.4 Å². The summed E-state index contributed by atoms with van der Waals surface area (Å²) in [4.78, 5) is 19.0. The lowest BCUT2D eigenvalue weighted by Gasteiger charge is -2.41. The number of anilines is 1. The summed E-state index contributed by atoms with van der Waals surface area (Å²) in [6.45, 7) is 6.45. The Morgan fingerprint density at radius 1 is 1.03 bits per heavy atom. The third-order valence-electron chi connectivity index (χ3n) is 8.36. The van der Waals surface area contributed by atoms with E-state index in [4.69, 9.17) is 14.8 Å². The minimum atomic E-state index is -0.866. The van der Waals surface area contributed by atoms with Crippen molar-refractivity contribution in [1.82, 2.24) is 14.6 Å². The number of hydrogen-bond acceptors (Lipinski definition) is 5. The van der Waals surface area contributed by atoms with Crippen LogP contribution in [0.4, 0.5) is 5.82 Å². The highest BCUT2D eigenvalue weighted by Crippen LogP contribution is 2.35. The van der Waals surface area contributed by atoms with Crippen molar-refractivity contribution in [3.05, 3.63) is 71.4 Å². The van der Waals surface area contributed by atoms with E-state index in [-0.39, 0.29) is 12.0 Å². The fourth-order valence-electron chi connectivity index (χ4n) is 6.07. The quantitative estimate of drug-likeness (QED) is 0.341. The maximum absolute atomic E-state index is 11.9. The van der Waals surface area contributed by atoms with Gasteiger partial charge in [-0.1, -0.05) is 48.9 Å². The van der Waals surface area contributed by atoms with Gasteiger partial charge in [0, 0.05) is 42.6 Å². The summed E-state index contributed by atoms with van der Waals surface area (Å²) in [5.41, 5.74) is 7.67. The van der Waals surface area contributed by atoms with Crippen LogP contribution >= 0.6 is 0 Å². The van der Waals surface area contributed by atoms with E-state index in [9.17, 15) is 9.90 Å². The average molecular weight is 525 g/mol. The molecule has 1 N–H and O–H groups in total. The van der Waals surface area contributed by atoms with E-state index in [1.54, 1.807) is 0 Å². The Morgan fingerprint density at radius 3 is 2.64 bits per heavy atom. The molecule has 202 valence electrons. The Kier molecular flexibility index (Phi) is 6.85. The van der Waals surface area contributed by atoms with Gasteiger partial charge in [0.25, 0.3) is 0 Å². The van der Waals surface area contributed by atoms with Gasteiger partial charge in [-0.3, -0.25) is 4.79 Å². The van der Waals surface area contributed by atoms with Gasteiger partial charge in [-0.25, -0.2) is 4.98 Å². The molecular weight excluding hydrogens is 488 g/mol. The van der Waals surface area contributed by atoms with Crippen LogP contribution in [-0.4, -0.2) is 51.0 Å². The van der Waals surface area contributed by atoms with Gasteiger partial charge in [-0.05, 0) is 68.7 Å². The van der Waals surface area contributed by atoms with Gasteiger partial charge in [-0.15, -0.1) is 0 Å². The summed E-state index contributed by atoms with van der Waals surface area (Å²) in [7, 11) is 0. The lowest BCUT2D eigenvalue weighted by atomic mass is 9.92. The predicted molar refractivity (Wildman–Crippen MR) is 153 cm³/mol. The normalized spacial score (nSPS) is 17.4. The third-order valence-corrected chi connectivity index (χ3v) is 8.36. The van der Waals surface area contributed by atoms with Crippen molar-refractivity contribution in [3.63, 3.8) is 0 Å². The molecule has 2 aromatic heterocycles. The fraction of sp³-hybridized carbons (Fsp3) is 0.406. The van der Waals surface area contributed by atoms with Crippen LogP contribution in [0.15, 0.2) is 54.6 Å². The molecule has 7 heteroatoms. The van der Waals surface area contributed by atoms with Crippen LogP contribution in [0.1, 0.15) is 55.8 Å². The van der Waals surface area contributed by atoms with Crippen LogP contribution in [-0.2, 0) is 22.4 Å². The van der Waals surface area contributed by atoms with Crippen molar-refractivity contribution >= 4 is 17.4 Å². The SMILES string of the molecule is Cc1nc2cc3nn2c(c1CC(=O)O)N1CCC(C)(CC1)OCCCCCc1ccccc1-c1cccc-3c1. The van der Waals surface area contributed by atoms with Crippen molar-refractivity contribution in [2.45, 2.75) is 64.4 Å². The summed E-state index contributed by atoms with van der Waals surface area (Å²) in [6, 6.07) is 19.2. The van der Waals surface area contributed by atoms with Crippen LogP contribution in [0, 0.1) is 6.92 Å². The zero-order chi connectivity index (χ0) is 27.0. The first-order valence-electron chi connectivity index (χ1n) is 14.1. The number of rotatable bonds is 2. The number of fused-ring (bicyclic) bond motifs is 7. The van der Waals surface area contributed by atoms with Crippen LogP contribution in [0.25, 0.3) is 28.0 Å². The lowest BCUT2D eigenvalue weighted by molar-refractivity contribution is -0.136. The van der Waals surface area contributed by atoms with Gasteiger partial charge >= 0.3 is 5.97 Å². The molecule has 4 aromatic rings. The second kappa shape index (κ2) is 10.5. The zero-order valence-corrected chi connectivity index (χ0v) is 22.8. The Bertz CT molecular complexity index is 1520. The Hall–Kier alpha value is -3.71. The van der Waals surface area contributed by atoms with Crippen LogP contribution in [0.3, 0.4) is 0 Å². The monoisotopic (exact) mass is 524 g/mol. The first-order valence-corrected chi connectivity index (χ1v) is 14.1. The number of carboxylic acids is 1. The van der Waals surface area contributed by atoms with E-state index in [2.05, 4.69) is 60.4 Å². The smallest absolute Gasteiger partial charge is 0.308 e. The Labute approximate surface area is 229 Å². The van der Waals surface area contributed by atoms with Crippen LogP contribution in [0.2, 0.25) is 0 Å². The van der Waals surface area contributed by atoms with Gasteiger partial charge in [0.1, 0.15) is 5.82 Å². The highest BCUT2D eigenvalue weighted by molar-refractivity contribution is 5.77. The molecule has 3 aliphatic rings. The molecule has 5 heterocycles. The topological polar surface area (TPSA) is 80.0 Å². The molecule has 0 atom stereocenters. The number of aliphatic carboxylic acids is 1. The van der Waals surface area contributed by atoms with E-state index in [1.165, 1.54) is 16.7 Å². The molecule has 7 rings (SSSR count). The molecule has 1 saturated heterocycles. The van der Waals surface area contributed by atoms with E-state index >= 15 is 0 Å². The molecule has 0 saturated carbocycles. The number of piperidine rings is 1. The van der Waals surface area contributed by atoms with Gasteiger partial charge in [0.05, 0.1) is 17.7 Å². The third kappa shape index (κ3) is 5.15. The van der Waals surface area contributed by atoms with Crippen molar-refractivity contribution in [1.29, 1.82) is 0 Å². The second-order valence-corrected chi connectivity index (χ2v) is 11.2.